The molecular formula is C16H22N6O2. The molecule has 0 bridgehead atoms. The third kappa shape index (κ3) is 3.81. The van der Waals surface area contributed by atoms with E-state index in [2.05, 4.69) is 24.8 Å². The predicted octanol–water partition coefficient (Wildman–Crippen LogP) is 1.39. The molecule has 0 saturated carbocycles. The summed E-state index contributed by atoms with van der Waals surface area (Å²) < 4.78 is 10.9. The molecule has 0 spiro atoms. The Morgan fingerprint density at radius 2 is 1.83 bits per heavy atom. The Hall–Kier alpha value is -2.64. The fourth-order valence-electron chi connectivity index (χ4n) is 2.53. The SMILES string of the molecule is COc1cnc(OC2CCN(c3nccc(N(C)C)n3)CC2)nc1. The van der Waals surface area contributed by atoms with Crippen molar-refractivity contribution in [2.24, 2.45) is 0 Å². The molecule has 0 radical (unpaired) electrons. The van der Waals surface area contributed by atoms with E-state index in [4.69, 9.17) is 9.47 Å². The van der Waals surface area contributed by atoms with Gasteiger partial charge in [0.05, 0.1) is 19.5 Å². The first kappa shape index (κ1) is 16.2. The van der Waals surface area contributed by atoms with Gasteiger partial charge >= 0.3 is 6.01 Å². The monoisotopic (exact) mass is 330 g/mol. The molecule has 0 atom stereocenters. The van der Waals surface area contributed by atoms with Gasteiger partial charge in [0, 0.05) is 46.2 Å². The number of nitrogens with zero attached hydrogens (tertiary/aromatic N) is 6. The minimum Gasteiger partial charge on any atom is -0.494 e. The highest BCUT2D eigenvalue weighted by Crippen LogP contribution is 2.21. The van der Waals surface area contributed by atoms with Crippen molar-refractivity contribution < 1.29 is 9.47 Å². The molecule has 2 aromatic heterocycles. The summed E-state index contributed by atoms with van der Waals surface area (Å²) >= 11 is 0. The standard InChI is InChI=1S/C16H22N6O2/c1-21(2)14-4-7-17-15(20-14)22-8-5-12(6-9-22)24-16-18-10-13(23-3)11-19-16/h4,7,10-12H,5-6,8-9H2,1-3H3. The quantitative estimate of drug-likeness (QED) is 0.814. The smallest absolute Gasteiger partial charge is 0.316 e. The summed E-state index contributed by atoms with van der Waals surface area (Å²) in [5.41, 5.74) is 0. The van der Waals surface area contributed by atoms with Gasteiger partial charge in [0.1, 0.15) is 11.9 Å². The molecule has 2 aromatic rings. The van der Waals surface area contributed by atoms with Gasteiger partial charge in [-0.3, -0.25) is 0 Å². The molecule has 1 saturated heterocycles. The highest BCUT2D eigenvalue weighted by atomic mass is 16.5. The zero-order chi connectivity index (χ0) is 16.9. The average Bonchev–Trinajstić information content (AvgIpc) is 2.63. The number of anilines is 2. The normalized spacial score (nSPS) is 15.2. The van der Waals surface area contributed by atoms with Crippen molar-refractivity contribution in [3.63, 3.8) is 0 Å². The van der Waals surface area contributed by atoms with Gasteiger partial charge in [-0.05, 0) is 6.07 Å². The Morgan fingerprint density at radius 1 is 1.12 bits per heavy atom. The van der Waals surface area contributed by atoms with Crippen LogP contribution in [0, 0.1) is 0 Å². The van der Waals surface area contributed by atoms with E-state index in [0.29, 0.717) is 11.8 Å². The van der Waals surface area contributed by atoms with E-state index in [1.165, 1.54) is 0 Å². The number of rotatable bonds is 5. The molecule has 8 heteroatoms. The van der Waals surface area contributed by atoms with Crippen LogP contribution in [0.4, 0.5) is 11.8 Å². The van der Waals surface area contributed by atoms with Crippen molar-refractivity contribution in [3.8, 4) is 11.8 Å². The van der Waals surface area contributed by atoms with Crippen LogP contribution >= 0.6 is 0 Å². The van der Waals surface area contributed by atoms with E-state index in [1.54, 1.807) is 25.7 Å². The molecule has 0 aliphatic carbocycles. The highest BCUT2D eigenvalue weighted by molar-refractivity contribution is 5.42. The average molecular weight is 330 g/mol. The van der Waals surface area contributed by atoms with Crippen molar-refractivity contribution in [3.05, 3.63) is 24.7 Å². The van der Waals surface area contributed by atoms with Crippen LogP contribution in [-0.2, 0) is 0 Å². The van der Waals surface area contributed by atoms with Crippen LogP contribution in [0.1, 0.15) is 12.8 Å². The number of piperidine rings is 1. The second-order valence-corrected chi connectivity index (χ2v) is 5.82. The van der Waals surface area contributed by atoms with E-state index < -0.39 is 0 Å². The van der Waals surface area contributed by atoms with Gasteiger partial charge in [0.2, 0.25) is 5.95 Å². The summed E-state index contributed by atoms with van der Waals surface area (Å²) in [5.74, 6) is 2.29. The maximum absolute atomic E-state index is 5.85. The lowest BCUT2D eigenvalue weighted by molar-refractivity contribution is 0.155. The van der Waals surface area contributed by atoms with Crippen LogP contribution in [0.15, 0.2) is 24.7 Å². The van der Waals surface area contributed by atoms with E-state index in [-0.39, 0.29) is 6.10 Å². The molecule has 3 rings (SSSR count). The maximum Gasteiger partial charge on any atom is 0.316 e. The minimum atomic E-state index is 0.103. The molecule has 3 heterocycles. The molecule has 24 heavy (non-hydrogen) atoms. The first-order valence-corrected chi connectivity index (χ1v) is 7.93. The molecule has 1 fully saturated rings. The first-order valence-electron chi connectivity index (χ1n) is 7.93. The van der Waals surface area contributed by atoms with Crippen LogP contribution in [0.3, 0.4) is 0 Å². The van der Waals surface area contributed by atoms with Crippen molar-refractivity contribution in [2.45, 2.75) is 18.9 Å². The summed E-state index contributed by atoms with van der Waals surface area (Å²) in [6.07, 6.45) is 6.88. The third-order valence-electron chi connectivity index (χ3n) is 3.92. The number of hydrogen-bond donors (Lipinski definition) is 0. The molecule has 0 aromatic carbocycles. The lowest BCUT2D eigenvalue weighted by atomic mass is 10.1. The highest BCUT2D eigenvalue weighted by Gasteiger charge is 2.23. The minimum absolute atomic E-state index is 0.103. The van der Waals surface area contributed by atoms with Gasteiger partial charge in [-0.15, -0.1) is 0 Å². The molecule has 1 aliphatic heterocycles. The maximum atomic E-state index is 5.85. The number of methoxy groups -OCH3 is 1. The largest absolute Gasteiger partial charge is 0.494 e. The number of aromatic nitrogens is 4. The lowest BCUT2D eigenvalue weighted by Gasteiger charge is -2.31. The molecule has 0 N–H and O–H groups in total. The second kappa shape index (κ2) is 7.29. The van der Waals surface area contributed by atoms with E-state index in [9.17, 15) is 0 Å². The topological polar surface area (TPSA) is 76.5 Å². The molecular weight excluding hydrogens is 308 g/mol. The van der Waals surface area contributed by atoms with Crippen molar-refractivity contribution >= 4 is 11.8 Å². The van der Waals surface area contributed by atoms with E-state index in [0.717, 1.165) is 37.7 Å². The van der Waals surface area contributed by atoms with Crippen LogP contribution in [0.2, 0.25) is 0 Å². The number of ether oxygens (including phenoxy) is 2. The zero-order valence-electron chi connectivity index (χ0n) is 14.2. The van der Waals surface area contributed by atoms with Gasteiger partial charge in [-0.25, -0.2) is 4.98 Å². The summed E-state index contributed by atoms with van der Waals surface area (Å²) in [6, 6.07) is 2.29. The number of hydrogen-bond acceptors (Lipinski definition) is 8. The van der Waals surface area contributed by atoms with E-state index >= 15 is 0 Å². The molecule has 8 nitrogen and oxygen atoms in total. The molecule has 0 unspecified atom stereocenters. The molecule has 128 valence electrons. The Kier molecular flexibility index (Phi) is 4.93. The fourth-order valence-corrected chi connectivity index (χ4v) is 2.53. The summed E-state index contributed by atoms with van der Waals surface area (Å²) in [5, 5.41) is 0. The Bertz CT molecular complexity index is 656. The molecule has 0 amide bonds. The first-order chi connectivity index (χ1) is 11.7. The summed E-state index contributed by atoms with van der Waals surface area (Å²) in [6.45, 7) is 1.69. The Balaban J connectivity index is 1.56. The van der Waals surface area contributed by atoms with Gasteiger partial charge in [-0.2, -0.15) is 15.0 Å². The van der Waals surface area contributed by atoms with Gasteiger partial charge in [-0.1, -0.05) is 0 Å². The predicted molar refractivity (Wildman–Crippen MR) is 90.8 cm³/mol. The fraction of sp³-hybridized carbons (Fsp3) is 0.500. The van der Waals surface area contributed by atoms with Crippen LogP contribution in [0.5, 0.6) is 11.8 Å². The van der Waals surface area contributed by atoms with Crippen LogP contribution in [0.25, 0.3) is 0 Å². The third-order valence-corrected chi connectivity index (χ3v) is 3.92. The van der Waals surface area contributed by atoms with Crippen LogP contribution in [-0.4, -0.2) is 60.3 Å². The zero-order valence-corrected chi connectivity index (χ0v) is 14.2. The molecule has 1 aliphatic rings. The van der Waals surface area contributed by atoms with E-state index in [1.807, 2.05) is 25.1 Å². The summed E-state index contributed by atoms with van der Waals surface area (Å²) in [7, 11) is 5.53. The van der Waals surface area contributed by atoms with Gasteiger partial charge < -0.3 is 19.3 Å². The van der Waals surface area contributed by atoms with Crippen molar-refractivity contribution in [1.29, 1.82) is 0 Å². The van der Waals surface area contributed by atoms with Gasteiger partial charge in [0.15, 0.2) is 5.75 Å². The lowest BCUT2D eigenvalue weighted by Crippen LogP contribution is -2.39. The van der Waals surface area contributed by atoms with Crippen molar-refractivity contribution in [1.82, 2.24) is 19.9 Å². The summed E-state index contributed by atoms with van der Waals surface area (Å²) in [4.78, 5) is 21.4. The Morgan fingerprint density at radius 3 is 2.46 bits per heavy atom. The second-order valence-electron chi connectivity index (χ2n) is 5.82. The van der Waals surface area contributed by atoms with Crippen LogP contribution < -0.4 is 19.3 Å². The Labute approximate surface area is 141 Å². The van der Waals surface area contributed by atoms with Gasteiger partial charge in [0.25, 0.3) is 0 Å². The van der Waals surface area contributed by atoms with Crippen molar-refractivity contribution in [2.75, 3.05) is 44.1 Å².